The molecule has 0 saturated carbocycles. The number of nitrogens with one attached hydrogen (secondary N) is 1. The van der Waals surface area contributed by atoms with E-state index in [2.05, 4.69) is 21.2 Å². The predicted molar refractivity (Wildman–Crippen MR) is 85.8 cm³/mol. The molecule has 0 aliphatic carbocycles. The van der Waals surface area contributed by atoms with Crippen LogP contribution in [-0.2, 0) is 6.54 Å². The molecule has 0 fully saturated rings. The molecule has 1 atom stereocenters. The molecule has 2 aromatic rings. The number of hydrogen-bond acceptors (Lipinski definition) is 1. The zero-order valence-electron chi connectivity index (χ0n) is 10.8. The Hall–Kier alpha value is -0.610. The summed E-state index contributed by atoms with van der Waals surface area (Å²) < 4.78 is 14.5. The van der Waals surface area contributed by atoms with Crippen molar-refractivity contribution >= 4 is 39.1 Å². The molecule has 106 valence electrons. The summed E-state index contributed by atoms with van der Waals surface area (Å²) in [5, 5.41) is 4.30. The van der Waals surface area contributed by atoms with Crippen LogP contribution in [0.5, 0.6) is 0 Å². The highest BCUT2D eigenvalue weighted by Gasteiger charge is 2.12. The molecule has 20 heavy (non-hydrogen) atoms. The van der Waals surface area contributed by atoms with Crippen molar-refractivity contribution in [1.82, 2.24) is 5.32 Å². The fraction of sp³-hybridized carbons (Fsp3) is 0.200. The SMILES string of the molecule is CC(NCc1cc(Br)ccc1F)c1cccc(Cl)c1Cl. The summed E-state index contributed by atoms with van der Waals surface area (Å²) in [4.78, 5) is 0. The van der Waals surface area contributed by atoms with Crippen LogP contribution in [0, 0.1) is 5.82 Å². The van der Waals surface area contributed by atoms with E-state index in [1.165, 1.54) is 6.07 Å². The van der Waals surface area contributed by atoms with Crippen molar-refractivity contribution < 1.29 is 4.39 Å². The van der Waals surface area contributed by atoms with Crippen molar-refractivity contribution in [1.29, 1.82) is 0 Å². The molecule has 1 unspecified atom stereocenters. The lowest BCUT2D eigenvalue weighted by molar-refractivity contribution is 0.544. The summed E-state index contributed by atoms with van der Waals surface area (Å²) in [5.74, 6) is -0.231. The van der Waals surface area contributed by atoms with Gasteiger partial charge in [0.25, 0.3) is 0 Å². The minimum Gasteiger partial charge on any atom is -0.306 e. The van der Waals surface area contributed by atoms with Crippen LogP contribution in [-0.4, -0.2) is 0 Å². The summed E-state index contributed by atoms with van der Waals surface area (Å²) in [6.07, 6.45) is 0. The fourth-order valence-corrected chi connectivity index (χ4v) is 2.79. The zero-order valence-corrected chi connectivity index (χ0v) is 13.9. The van der Waals surface area contributed by atoms with Crippen LogP contribution in [0.4, 0.5) is 4.39 Å². The second-order valence-corrected chi connectivity index (χ2v) is 6.18. The van der Waals surface area contributed by atoms with Gasteiger partial charge < -0.3 is 5.32 Å². The Morgan fingerprint density at radius 3 is 2.75 bits per heavy atom. The quantitative estimate of drug-likeness (QED) is 0.716. The molecule has 0 aromatic heterocycles. The summed E-state index contributed by atoms with van der Waals surface area (Å²) in [6, 6.07) is 10.3. The van der Waals surface area contributed by atoms with E-state index < -0.39 is 0 Å². The molecule has 0 spiro atoms. The minimum absolute atomic E-state index is 0.0282. The van der Waals surface area contributed by atoms with Gasteiger partial charge in [-0.15, -0.1) is 0 Å². The number of halogens is 4. The van der Waals surface area contributed by atoms with Crippen LogP contribution in [0.2, 0.25) is 10.0 Å². The lowest BCUT2D eigenvalue weighted by Crippen LogP contribution is -2.19. The molecule has 1 N–H and O–H groups in total. The topological polar surface area (TPSA) is 12.0 Å². The lowest BCUT2D eigenvalue weighted by Gasteiger charge is -2.16. The summed E-state index contributed by atoms with van der Waals surface area (Å²) in [6.45, 7) is 2.38. The van der Waals surface area contributed by atoms with E-state index in [1.54, 1.807) is 18.2 Å². The van der Waals surface area contributed by atoms with Gasteiger partial charge in [-0.1, -0.05) is 51.3 Å². The lowest BCUT2D eigenvalue weighted by atomic mass is 10.1. The molecule has 1 nitrogen and oxygen atoms in total. The van der Waals surface area contributed by atoms with Crippen molar-refractivity contribution in [2.24, 2.45) is 0 Å². The molecule has 0 amide bonds. The third-order valence-corrected chi connectivity index (χ3v) is 4.38. The number of benzene rings is 2. The van der Waals surface area contributed by atoms with E-state index in [1.807, 2.05) is 19.1 Å². The summed E-state index contributed by atoms with van der Waals surface area (Å²) in [5.41, 5.74) is 1.50. The van der Waals surface area contributed by atoms with Gasteiger partial charge in [-0.25, -0.2) is 4.39 Å². The number of hydrogen-bond donors (Lipinski definition) is 1. The van der Waals surface area contributed by atoms with Crippen LogP contribution in [0.3, 0.4) is 0 Å². The van der Waals surface area contributed by atoms with Gasteiger partial charge in [0.1, 0.15) is 5.82 Å². The van der Waals surface area contributed by atoms with Gasteiger partial charge in [0.15, 0.2) is 0 Å². The van der Waals surface area contributed by atoms with Crippen molar-refractivity contribution in [3.05, 3.63) is 67.9 Å². The Bertz CT molecular complexity index is 619. The van der Waals surface area contributed by atoms with E-state index in [0.717, 1.165) is 10.0 Å². The van der Waals surface area contributed by atoms with Crippen LogP contribution >= 0.6 is 39.1 Å². The van der Waals surface area contributed by atoms with E-state index in [4.69, 9.17) is 23.2 Å². The average molecular weight is 377 g/mol. The fourth-order valence-electron chi connectivity index (χ4n) is 1.91. The molecule has 0 bridgehead atoms. The van der Waals surface area contributed by atoms with Crippen LogP contribution in [0.25, 0.3) is 0 Å². The first-order chi connectivity index (χ1) is 9.49. The monoisotopic (exact) mass is 375 g/mol. The molecule has 5 heteroatoms. The highest BCUT2D eigenvalue weighted by atomic mass is 79.9. The molecule has 0 aliphatic heterocycles. The molecule has 2 rings (SSSR count). The average Bonchev–Trinajstić information content (AvgIpc) is 2.42. The van der Waals surface area contributed by atoms with Gasteiger partial charge in [-0.2, -0.15) is 0 Å². The van der Waals surface area contributed by atoms with Gasteiger partial charge >= 0.3 is 0 Å². The Balaban J connectivity index is 2.10. The highest BCUT2D eigenvalue weighted by molar-refractivity contribution is 9.10. The third kappa shape index (κ3) is 3.73. The summed E-state index contributed by atoms with van der Waals surface area (Å²) >= 11 is 15.5. The Kier molecular flexibility index (Phi) is 5.44. The maximum Gasteiger partial charge on any atom is 0.127 e. The maximum atomic E-state index is 13.7. The summed E-state index contributed by atoms with van der Waals surface area (Å²) in [7, 11) is 0. The van der Waals surface area contributed by atoms with Gasteiger partial charge in [0.2, 0.25) is 0 Å². The number of rotatable bonds is 4. The molecular weight excluding hydrogens is 364 g/mol. The van der Waals surface area contributed by atoms with Crippen molar-refractivity contribution in [2.45, 2.75) is 19.5 Å². The van der Waals surface area contributed by atoms with E-state index >= 15 is 0 Å². The van der Waals surface area contributed by atoms with Crippen molar-refractivity contribution in [3.8, 4) is 0 Å². The van der Waals surface area contributed by atoms with Gasteiger partial charge in [0.05, 0.1) is 10.0 Å². The molecule has 0 radical (unpaired) electrons. The van der Waals surface area contributed by atoms with E-state index in [-0.39, 0.29) is 11.9 Å². The van der Waals surface area contributed by atoms with E-state index in [0.29, 0.717) is 22.2 Å². The Morgan fingerprint density at radius 1 is 1.25 bits per heavy atom. The Labute approximate surface area is 136 Å². The zero-order chi connectivity index (χ0) is 14.7. The van der Waals surface area contributed by atoms with Crippen molar-refractivity contribution in [3.63, 3.8) is 0 Å². The molecule has 0 aliphatic rings. The predicted octanol–water partition coefficient (Wildman–Crippen LogP) is 5.75. The largest absolute Gasteiger partial charge is 0.306 e. The minimum atomic E-state index is -0.231. The second kappa shape index (κ2) is 6.90. The first-order valence-corrected chi connectivity index (χ1v) is 7.65. The Morgan fingerprint density at radius 2 is 2.00 bits per heavy atom. The van der Waals surface area contributed by atoms with E-state index in [9.17, 15) is 4.39 Å². The molecule has 0 heterocycles. The first-order valence-electron chi connectivity index (χ1n) is 6.10. The first kappa shape index (κ1) is 15.8. The van der Waals surface area contributed by atoms with Gasteiger partial charge in [-0.3, -0.25) is 0 Å². The second-order valence-electron chi connectivity index (χ2n) is 4.48. The van der Waals surface area contributed by atoms with Gasteiger partial charge in [-0.05, 0) is 36.8 Å². The molecular formula is C15H13BrCl2FN. The van der Waals surface area contributed by atoms with Crippen LogP contribution in [0.15, 0.2) is 40.9 Å². The third-order valence-electron chi connectivity index (χ3n) is 3.05. The van der Waals surface area contributed by atoms with Crippen molar-refractivity contribution in [2.75, 3.05) is 0 Å². The standard InChI is InChI=1S/C15H13BrCl2FN/c1-9(12-3-2-4-13(17)15(12)18)20-8-10-7-11(16)5-6-14(10)19/h2-7,9,20H,8H2,1H3. The molecule has 0 saturated heterocycles. The highest BCUT2D eigenvalue weighted by Crippen LogP contribution is 2.30. The smallest absolute Gasteiger partial charge is 0.127 e. The van der Waals surface area contributed by atoms with Crippen LogP contribution in [0.1, 0.15) is 24.1 Å². The van der Waals surface area contributed by atoms with Gasteiger partial charge in [0, 0.05) is 22.6 Å². The van der Waals surface area contributed by atoms with Crippen LogP contribution < -0.4 is 5.32 Å². The normalized spacial score (nSPS) is 12.4. The molecule has 2 aromatic carbocycles. The maximum absolute atomic E-state index is 13.7.